The van der Waals surface area contributed by atoms with Crippen LogP contribution in [0, 0.1) is 5.92 Å². The average molecular weight is 313 g/mol. The predicted octanol–water partition coefficient (Wildman–Crippen LogP) is 2.82. The van der Waals surface area contributed by atoms with E-state index in [4.69, 9.17) is 4.74 Å². The van der Waals surface area contributed by atoms with Crippen molar-refractivity contribution in [3.63, 3.8) is 0 Å². The Morgan fingerprint density at radius 3 is 2.65 bits per heavy atom. The van der Waals surface area contributed by atoms with Crippen molar-refractivity contribution >= 4 is 11.7 Å². The third-order valence-electron chi connectivity index (χ3n) is 5.60. The van der Waals surface area contributed by atoms with Gasteiger partial charge in [0.2, 0.25) is 5.91 Å². The summed E-state index contributed by atoms with van der Waals surface area (Å²) in [4.78, 5) is 27.3. The standard InChI is InChI=1S/C19H23NO3/c21-17(13-5-2-1-3-6-13)11-14-7-4-10-20(14)19(22)16-12-15-8-9-18(16)23-15/h1-3,5-6,14-16,18H,4,7-12H2/t14-,15-,16-,18-/m1/s1. The van der Waals surface area contributed by atoms with Gasteiger partial charge in [0.15, 0.2) is 5.78 Å². The second kappa shape index (κ2) is 6.08. The number of carbonyl (C=O) groups is 2. The molecule has 1 aromatic rings. The Balaban J connectivity index is 1.42. The molecule has 0 spiro atoms. The summed E-state index contributed by atoms with van der Waals surface area (Å²) in [5.41, 5.74) is 0.745. The zero-order valence-electron chi connectivity index (χ0n) is 13.3. The molecule has 4 heteroatoms. The maximum atomic E-state index is 12.9. The summed E-state index contributed by atoms with van der Waals surface area (Å²) >= 11 is 0. The molecular formula is C19H23NO3. The highest BCUT2D eigenvalue weighted by molar-refractivity contribution is 5.96. The van der Waals surface area contributed by atoms with Crippen LogP contribution in [0.25, 0.3) is 0 Å². The van der Waals surface area contributed by atoms with Crippen LogP contribution < -0.4 is 0 Å². The van der Waals surface area contributed by atoms with Gasteiger partial charge in [-0.05, 0) is 32.1 Å². The van der Waals surface area contributed by atoms with Crippen LogP contribution in [0.15, 0.2) is 30.3 Å². The van der Waals surface area contributed by atoms with Crippen LogP contribution in [0.4, 0.5) is 0 Å². The summed E-state index contributed by atoms with van der Waals surface area (Å²) in [5.74, 6) is 0.390. The first-order valence-corrected chi connectivity index (χ1v) is 8.76. The minimum atomic E-state index is 0.0289. The topological polar surface area (TPSA) is 46.6 Å². The number of amides is 1. The van der Waals surface area contributed by atoms with Gasteiger partial charge in [-0.25, -0.2) is 0 Å². The Bertz CT molecular complexity index is 600. The summed E-state index contributed by atoms with van der Waals surface area (Å²) in [6.45, 7) is 0.791. The lowest BCUT2D eigenvalue weighted by Gasteiger charge is -2.29. The minimum absolute atomic E-state index is 0.0289. The Labute approximate surface area is 136 Å². The molecule has 4 rings (SSSR count). The Morgan fingerprint density at radius 1 is 1.13 bits per heavy atom. The number of carbonyl (C=O) groups excluding carboxylic acids is 2. The van der Waals surface area contributed by atoms with E-state index in [0.29, 0.717) is 12.5 Å². The van der Waals surface area contributed by atoms with Gasteiger partial charge in [-0.1, -0.05) is 30.3 Å². The molecule has 0 aromatic heterocycles. The molecule has 4 atom stereocenters. The van der Waals surface area contributed by atoms with Crippen molar-refractivity contribution in [2.45, 2.75) is 56.8 Å². The lowest BCUT2D eigenvalue weighted by atomic mass is 9.88. The first-order chi connectivity index (χ1) is 11.2. The third-order valence-corrected chi connectivity index (χ3v) is 5.60. The van der Waals surface area contributed by atoms with Gasteiger partial charge in [0, 0.05) is 24.6 Å². The van der Waals surface area contributed by atoms with Crippen molar-refractivity contribution in [2.75, 3.05) is 6.54 Å². The molecule has 0 aliphatic carbocycles. The van der Waals surface area contributed by atoms with Gasteiger partial charge in [0.1, 0.15) is 0 Å². The van der Waals surface area contributed by atoms with Crippen molar-refractivity contribution in [3.8, 4) is 0 Å². The van der Waals surface area contributed by atoms with Gasteiger partial charge in [0.25, 0.3) is 0 Å². The summed E-state index contributed by atoms with van der Waals surface area (Å²) in [6.07, 6.45) is 5.79. The van der Waals surface area contributed by atoms with Crippen molar-refractivity contribution < 1.29 is 14.3 Å². The number of ether oxygens (including phenoxy) is 1. The first-order valence-electron chi connectivity index (χ1n) is 8.76. The molecule has 0 saturated carbocycles. The lowest BCUT2D eigenvalue weighted by molar-refractivity contribution is -0.137. The minimum Gasteiger partial charge on any atom is -0.374 e. The normalized spacial score (nSPS) is 32.4. The molecule has 122 valence electrons. The predicted molar refractivity (Wildman–Crippen MR) is 86.1 cm³/mol. The van der Waals surface area contributed by atoms with Gasteiger partial charge in [0.05, 0.1) is 18.1 Å². The smallest absolute Gasteiger partial charge is 0.228 e. The van der Waals surface area contributed by atoms with E-state index < -0.39 is 0 Å². The van der Waals surface area contributed by atoms with Crippen molar-refractivity contribution in [2.24, 2.45) is 5.92 Å². The number of ketones is 1. The van der Waals surface area contributed by atoms with E-state index in [0.717, 1.165) is 44.2 Å². The number of likely N-dealkylation sites (tertiary alicyclic amines) is 1. The Kier molecular flexibility index (Phi) is 3.93. The fraction of sp³-hybridized carbons (Fsp3) is 0.579. The van der Waals surface area contributed by atoms with Crippen molar-refractivity contribution in [1.82, 2.24) is 4.90 Å². The number of benzene rings is 1. The highest BCUT2D eigenvalue weighted by Gasteiger charge is 2.47. The van der Waals surface area contributed by atoms with Crippen LogP contribution in [-0.2, 0) is 9.53 Å². The highest BCUT2D eigenvalue weighted by Crippen LogP contribution is 2.40. The quantitative estimate of drug-likeness (QED) is 0.803. The Morgan fingerprint density at radius 2 is 1.96 bits per heavy atom. The van der Waals surface area contributed by atoms with Crippen LogP contribution in [0.5, 0.6) is 0 Å². The number of Topliss-reactive ketones (excluding diaryl/α,β-unsaturated/α-hetero) is 1. The second-order valence-electron chi connectivity index (χ2n) is 7.04. The molecule has 3 saturated heterocycles. The molecule has 0 N–H and O–H groups in total. The molecule has 23 heavy (non-hydrogen) atoms. The zero-order valence-corrected chi connectivity index (χ0v) is 13.3. The first kappa shape index (κ1) is 14.9. The largest absolute Gasteiger partial charge is 0.374 e. The zero-order chi connectivity index (χ0) is 15.8. The molecule has 0 radical (unpaired) electrons. The van der Waals surface area contributed by atoms with Crippen LogP contribution in [0.1, 0.15) is 48.9 Å². The van der Waals surface area contributed by atoms with E-state index in [9.17, 15) is 9.59 Å². The number of fused-ring (bicyclic) bond motifs is 2. The third kappa shape index (κ3) is 2.80. The molecule has 1 aromatic carbocycles. The molecule has 3 aliphatic rings. The molecule has 4 nitrogen and oxygen atoms in total. The van der Waals surface area contributed by atoms with Crippen molar-refractivity contribution in [3.05, 3.63) is 35.9 Å². The van der Waals surface area contributed by atoms with Gasteiger partial charge in [-0.15, -0.1) is 0 Å². The summed E-state index contributed by atoms with van der Waals surface area (Å²) in [7, 11) is 0. The van der Waals surface area contributed by atoms with E-state index in [1.807, 2.05) is 35.2 Å². The number of hydrogen-bond donors (Lipinski definition) is 0. The van der Waals surface area contributed by atoms with E-state index >= 15 is 0 Å². The maximum Gasteiger partial charge on any atom is 0.228 e. The number of rotatable bonds is 4. The molecule has 3 heterocycles. The second-order valence-corrected chi connectivity index (χ2v) is 7.04. The van der Waals surface area contributed by atoms with Crippen LogP contribution >= 0.6 is 0 Å². The van der Waals surface area contributed by atoms with Gasteiger partial charge >= 0.3 is 0 Å². The molecule has 0 unspecified atom stereocenters. The van der Waals surface area contributed by atoms with Crippen LogP contribution in [0.2, 0.25) is 0 Å². The lowest BCUT2D eigenvalue weighted by Crippen LogP contribution is -2.43. The molecule has 3 fully saturated rings. The fourth-order valence-electron chi connectivity index (χ4n) is 4.40. The molecule has 3 aliphatic heterocycles. The summed E-state index contributed by atoms with van der Waals surface area (Å²) in [6, 6.07) is 9.46. The van der Waals surface area contributed by atoms with Crippen molar-refractivity contribution in [1.29, 1.82) is 0 Å². The van der Waals surface area contributed by atoms with Gasteiger partial charge in [-0.3, -0.25) is 9.59 Å². The van der Waals surface area contributed by atoms with Crippen LogP contribution in [-0.4, -0.2) is 41.4 Å². The molecule has 1 amide bonds. The number of hydrogen-bond acceptors (Lipinski definition) is 3. The average Bonchev–Trinajstić information content (AvgIpc) is 3.31. The van der Waals surface area contributed by atoms with E-state index in [1.54, 1.807) is 0 Å². The van der Waals surface area contributed by atoms with E-state index in [-0.39, 0.29) is 29.8 Å². The fourth-order valence-corrected chi connectivity index (χ4v) is 4.40. The summed E-state index contributed by atoms with van der Waals surface area (Å²) in [5, 5.41) is 0. The number of nitrogens with zero attached hydrogens (tertiary/aromatic N) is 1. The van der Waals surface area contributed by atoms with Gasteiger partial charge in [-0.2, -0.15) is 0 Å². The van der Waals surface area contributed by atoms with E-state index in [1.165, 1.54) is 0 Å². The summed E-state index contributed by atoms with van der Waals surface area (Å²) < 4.78 is 5.84. The Hall–Kier alpha value is -1.68. The molecule has 2 bridgehead atoms. The van der Waals surface area contributed by atoms with E-state index in [2.05, 4.69) is 0 Å². The highest BCUT2D eigenvalue weighted by atomic mass is 16.5. The van der Waals surface area contributed by atoms with Crippen LogP contribution in [0.3, 0.4) is 0 Å². The maximum absolute atomic E-state index is 12.9. The monoisotopic (exact) mass is 313 g/mol. The molecular weight excluding hydrogens is 290 g/mol. The SMILES string of the molecule is O=C(C[C@H]1CCCN1C(=O)[C@@H]1C[C@H]2CC[C@H]1O2)c1ccccc1. The van der Waals surface area contributed by atoms with Gasteiger partial charge < -0.3 is 9.64 Å².